The maximum Gasteiger partial charge on any atom is 0.307 e. The van der Waals surface area contributed by atoms with Gasteiger partial charge < -0.3 is 14.7 Å². The number of hydrogen-bond acceptors (Lipinski definition) is 4. The molecule has 1 aromatic rings. The van der Waals surface area contributed by atoms with Crippen molar-refractivity contribution in [2.45, 2.75) is 44.8 Å². The lowest BCUT2D eigenvalue weighted by Gasteiger charge is -2.32. The largest absolute Gasteiger partial charge is 0.481 e. The molecule has 0 bridgehead atoms. The van der Waals surface area contributed by atoms with E-state index in [1.54, 1.807) is 7.11 Å². The van der Waals surface area contributed by atoms with E-state index in [4.69, 9.17) is 4.74 Å². The second kappa shape index (κ2) is 9.11. The molecular formula is C20H29NO4. The van der Waals surface area contributed by atoms with Crippen molar-refractivity contribution in [2.24, 2.45) is 11.8 Å². The Morgan fingerprint density at radius 2 is 2.00 bits per heavy atom. The van der Waals surface area contributed by atoms with Gasteiger partial charge in [0.1, 0.15) is 5.78 Å². The zero-order valence-electron chi connectivity index (χ0n) is 15.4. The molecule has 0 radical (unpaired) electrons. The SMILES string of the molecule is CO[C@@H](C1CCCN1C)[C@@H](C)C(=O)CC(Cc1ccccc1)C(=O)O. The van der Waals surface area contributed by atoms with Crippen LogP contribution in [0.4, 0.5) is 0 Å². The maximum atomic E-state index is 12.7. The first-order chi connectivity index (χ1) is 11.9. The van der Waals surface area contributed by atoms with Crippen LogP contribution in [0.2, 0.25) is 0 Å². The van der Waals surface area contributed by atoms with Gasteiger partial charge in [-0.1, -0.05) is 37.3 Å². The smallest absolute Gasteiger partial charge is 0.307 e. The fourth-order valence-corrected chi connectivity index (χ4v) is 3.80. The first-order valence-electron chi connectivity index (χ1n) is 8.96. The minimum Gasteiger partial charge on any atom is -0.481 e. The van der Waals surface area contributed by atoms with Gasteiger partial charge in [-0.15, -0.1) is 0 Å². The van der Waals surface area contributed by atoms with Crippen LogP contribution >= 0.6 is 0 Å². The van der Waals surface area contributed by atoms with Crippen molar-refractivity contribution in [1.82, 2.24) is 4.90 Å². The van der Waals surface area contributed by atoms with Gasteiger partial charge in [0.25, 0.3) is 0 Å². The summed E-state index contributed by atoms with van der Waals surface area (Å²) in [7, 11) is 3.69. The van der Waals surface area contributed by atoms with E-state index in [0.717, 1.165) is 24.9 Å². The molecule has 0 amide bonds. The lowest BCUT2D eigenvalue weighted by molar-refractivity contribution is -0.145. The summed E-state index contributed by atoms with van der Waals surface area (Å²) >= 11 is 0. The standard InChI is InChI=1S/C20H29NO4/c1-14(19(25-3)17-10-7-11-21(17)2)18(22)13-16(20(23)24)12-15-8-5-4-6-9-15/h4-6,8-9,14,16-17,19H,7,10-13H2,1-3H3,(H,23,24)/t14-,16?,17?,19+/m0/s1. The Bertz CT molecular complexity index is 574. The number of rotatable bonds is 9. The van der Waals surface area contributed by atoms with Gasteiger partial charge in [0.05, 0.1) is 12.0 Å². The predicted octanol–water partition coefficient (Wildman–Crippen LogP) is 2.63. The van der Waals surface area contributed by atoms with Crippen molar-refractivity contribution < 1.29 is 19.4 Å². The van der Waals surface area contributed by atoms with Crippen LogP contribution in [0.3, 0.4) is 0 Å². The van der Waals surface area contributed by atoms with E-state index < -0.39 is 11.9 Å². The van der Waals surface area contributed by atoms with Crippen molar-refractivity contribution in [3.05, 3.63) is 35.9 Å². The molecule has 1 aliphatic heterocycles. The number of carboxylic acid groups (broad SMARTS) is 1. The quantitative estimate of drug-likeness (QED) is 0.744. The summed E-state index contributed by atoms with van der Waals surface area (Å²) < 4.78 is 5.64. The van der Waals surface area contributed by atoms with Gasteiger partial charge in [-0.3, -0.25) is 9.59 Å². The molecule has 138 valence electrons. The van der Waals surface area contributed by atoms with Crippen molar-refractivity contribution in [3.8, 4) is 0 Å². The molecule has 5 heteroatoms. The lowest BCUT2D eigenvalue weighted by atomic mass is 9.86. The molecule has 2 unspecified atom stereocenters. The van der Waals surface area contributed by atoms with Crippen molar-refractivity contribution in [2.75, 3.05) is 20.7 Å². The third-order valence-electron chi connectivity index (χ3n) is 5.35. The van der Waals surface area contributed by atoms with Crippen LogP contribution in [0, 0.1) is 11.8 Å². The highest BCUT2D eigenvalue weighted by molar-refractivity contribution is 5.86. The van der Waals surface area contributed by atoms with Gasteiger partial charge in [-0.2, -0.15) is 0 Å². The van der Waals surface area contributed by atoms with E-state index in [2.05, 4.69) is 11.9 Å². The molecule has 1 aliphatic rings. The summed E-state index contributed by atoms with van der Waals surface area (Å²) in [6, 6.07) is 9.69. The predicted molar refractivity (Wildman–Crippen MR) is 96.5 cm³/mol. The average Bonchev–Trinajstić information content (AvgIpc) is 3.01. The van der Waals surface area contributed by atoms with E-state index in [9.17, 15) is 14.7 Å². The number of methoxy groups -OCH3 is 1. The molecule has 1 fully saturated rings. The molecule has 0 spiro atoms. The summed E-state index contributed by atoms with van der Waals surface area (Å²) in [4.78, 5) is 26.6. The maximum absolute atomic E-state index is 12.7. The highest BCUT2D eigenvalue weighted by atomic mass is 16.5. The van der Waals surface area contributed by atoms with Crippen molar-refractivity contribution in [1.29, 1.82) is 0 Å². The van der Waals surface area contributed by atoms with E-state index in [1.165, 1.54) is 0 Å². The number of aliphatic carboxylic acids is 1. The Morgan fingerprint density at radius 3 is 2.52 bits per heavy atom. The monoisotopic (exact) mass is 347 g/mol. The minimum absolute atomic E-state index is 0.0320. The Hall–Kier alpha value is -1.72. The molecule has 1 N–H and O–H groups in total. The summed E-state index contributed by atoms with van der Waals surface area (Å²) in [6.45, 7) is 2.88. The number of ether oxygens (including phenoxy) is 1. The Morgan fingerprint density at radius 1 is 1.32 bits per heavy atom. The molecule has 1 saturated heterocycles. The van der Waals surface area contributed by atoms with Crippen LogP contribution in [0.25, 0.3) is 0 Å². The molecule has 0 saturated carbocycles. The van der Waals surface area contributed by atoms with Crippen molar-refractivity contribution in [3.63, 3.8) is 0 Å². The molecule has 25 heavy (non-hydrogen) atoms. The Kier molecular flexibility index (Phi) is 7.14. The van der Waals surface area contributed by atoms with Gasteiger partial charge in [0.2, 0.25) is 0 Å². The molecule has 0 aromatic heterocycles. The molecule has 1 aromatic carbocycles. The number of Topliss-reactive ketones (excluding diaryl/α,β-unsaturated/α-hetero) is 1. The van der Waals surface area contributed by atoms with E-state index in [0.29, 0.717) is 6.42 Å². The number of carbonyl (C=O) groups excluding carboxylic acids is 1. The van der Waals surface area contributed by atoms with Crippen LogP contribution in [0.15, 0.2) is 30.3 Å². The number of benzene rings is 1. The number of hydrogen-bond donors (Lipinski definition) is 1. The fourth-order valence-electron chi connectivity index (χ4n) is 3.80. The Balaban J connectivity index is 2.02. The molecule has 2 rings (SSSR count). The highest BCUT2D eigenvalue weighted by Crippen LogP contribution is 2.27. The fraction of sp³-hybridized carbons (Fsp3) is 0.600. The zero-order valence-corrected chi connectivity index (χ0v) is 15.4. The van der Waals surface area contributed by atoms with Crippen LogP contribution in [-0.4, -0.2) is 54.6 Å². The van der Waals surface area contributed by atoms with Crippen molar-refractivity contribution >= 4 is 11.8 Å². The molecule has 5 nitrogen and oxygen atoms in total. The lowest BCUT2D eigenvalue weighted by Crippen LogP contribution is -2.44. The second-order valence-corrected chi connectivity index (χ2v) is 7.07. The van der Waals surface area contributed by atoms with Crippen LogP contribution in [0.5, 0.6) is 0 Å². The summed E-state index contributed by atoms with van der Waals surface area (Å²) in [5.41, 5.74) is 0.939. The second-order valence-electron chi connectivity index (χ2n) is 7.07. The first kappa shape index (κ1) is 19.6. The summed E-state index contributed by atoms with van der Waals surface area (Å²) in [6.07, 6.45) is 2.34. The Labute approximate surface area is 150 Å². The summed E-state index contributed by atoms with van der Waals surface area (Å²) in [5.74, 6) is -1.96. The van der Waals surface area contributed by atoms with Gasteiger partial charge in [0, 0.05) is 25.5 Å². The zero-order chi connectivity index (χ0) is 18.4. The minimum atomic E-state index is -0.920. The normalized spacial score (nSPS) is 21.6. The van der Waals surface area contributed by atoms with E-state index >= 15 is 0 Å². The topological polar surface area (TPSA) is 66.8 Å². The van der Waals surface area contributed by atoms with Gasteiger partial charge in [0.15, 0.2) is 0 Å². The third kappa shape index (κ3) is 5.13. The number of carboxylic acids is 1. The number of likely N-dealkylation sites (N-methyl/N-ethyl adjacent to an activating group) is 1. The van der Waals surface area contributed by atoms with Gasteiger partial charge in [-0.05, 0) is 38.4 Å². The van der Waals surface area contributed by atoms with Crippen LogP contribution in [0.1, 0.15) is 31.7 Å². The average molecular weight is 347 g/mol. The van der Waals surface area contributed by atoms with E-state index in [-0.39, 0.29) is 30.3 Å². The summed E-state index contributed by atoms with van der Waals surface area (Å²) in [5, 5.41) is 9.52. The molecule has 0 aliphatic carbocycles. The highest BCUT2D eigenvalue weighted by Gasteiger charge is 2.37. The van der Waals surface area contributed by atoms with E-state index in [1.807, 2.05) is 37.3 Å². The van der Waals surface area contributed by atoms with Crippen LogP contribution < -0.4 is 0 Å². The van der Waals surface area contributed by atoms with Gasteiger partial charge >= 0.3 is 5.97 Å². The first-order valence-corrected chi connectivity index (χ1v) is 8.96. The molecule has 4 atom stereocenters. The number of likely N-dealkylation sites (tertiary alicyclic amines) is 1. The number of nitrogens with zero attached hydrogens (tertiary/aromatic N) is 1. The molecule has 1 heterocycles. The molecular weight excluding hydrogens is 318 g/mol. The van der Waals surface area contributed by atoms with Gasteiger partial charge in [-0.25, -0.2) is 0 Å². The third-order valence-corrected chi connectivity index (χ3v) is 5.35. The van der Waals surface area contributed by atoms with Crippen LogP contribution in [-0.2, 0) is 20.7 Å². The number of carbonyl (C=O) groups is 2. The number of ketones is 1.